The molecule has 3 nitrogen and oxygen atoms in total. The largest absolute Gasteiger partial charge is 0.326 e. The van der Waals surface area contributed by atoms with Crippen LogP contribution in [0.25, 0.3) is 0 Å². The number of nitrogens with zero attached hydrogens (tertiary/aromatic N) is 2. The minimum Gasteiger partial charge on any atom is -0.326 e. The minimum atomic E-state index is 0.399. The Balaban J connectivity index is 2.38. The molecule has 1 aliphatic carbocycles. The molecule has 2 unspecified atom stereocenters. The molecule has 0 aliphatic heterocycles. The van der Waals surface area contributed by atoms with E-state index in [9.17, 15) is 0 Å². The lowest BCUT2D eigenvalue weighted by Crippen LogP contribution is -2.48. The highest BCUT2D eigenvalue weighted by molar-refractivity contribution is 4.84. The van der Waals surface area contributed by atoms with E-state index < -0.39 is 0 Å². The third-order valence-corrected chi connectivity index (χ3v) is 4.72. The van der Waals surface area contributed by atoms with Crippen LogP contribution in [0.15, 0.2) is 0 Å². The van der Waals surface area contributed by atoms with Crippen molar-refractivity contribution < 1.29 is 0 Å². The molecule has 114 valence electrons. The number of likely N-dealkylation sites (N-methyl/N-ethyl adjacent to an activating group) is 1. The van der Waals surface area contributed by atoms with Crippen LogP contribution in [-0.2, 0) is 0 Å². The summed E-state index contributed by atoms with van der Waals surface area (Å²) < 4.78 is 0. The zero-order valence-corrected chi connectivity index (χ0v) is 13.4. The van der Waals surface area contributed by atoms with Crippen molar-refractivity contribution in [2.45, 2.75) is 71.4 Å². The van der Waals surface area contributed by atoms with Gasteiger partial charge in [-0.2, -0.15) is 0 Å². The van der Waals surface area contributed by atoms with Crippen LogP contribution in [0.4, 0.5) is 0 Å². The van der Waals surface area contributed by atoms with Crippen molar-refractivity contribution >= 4 is 0 Å². The van der Waals surface area contributed by atoms with Gasteiger partial charge in [-0.3, -0.25) is 4.90 Å². The third kappa shape index (κ3) is 5.80. The van der Waals surface area contributed by atoms with Gasteiger partial charge < -0.3 is 10.6 Å². The number of nitrogens with two attached hydrogens (primary N) is 1. The minimum absolute atomic E-state index is 0.399. The molecule has 3 heteroatoms. The van der Waals surface area contributed by atoms with Crippen molar-refractivity contribution in [1.29, 1.82) is 0 Å². The quantitative estimate of drug-likeness (QED) is 0.688. The molecule has 0 saturated heterocycles. The van der Waals surface area contributed by atoms with Crippen molar-refractivity contribution in [3.63, 3.8) is 0 Å². The first-order chi connectivity index (χ1) is 9.22. The van der Waals surface area contributed by atoms with Crippen molar-refractivity contribution in [3.8, 4) is 0 Å². The Bertz CT molecular complexity index is 216. The molecule has 1 saturated carbocycles. The van der Waals surface area contributed by atoms with E-state index >= 15 is 0 Å². The SMILES string of the molecule is CCN(CC)CCCN(CC)C1CCCCCC1N. The van der Waals surface area contributed by atoms with E-state index in [4.69, 9.17) is 5.73 Å². The van der Waals surface area contributed by atoms with Crippen LogP contribution >= 0.6 is 0 Å². The summed E-state index contributed by atoms with van der Waals surface area (Å²) in [4.78, 5) is 5.15. The van der Waals surface area contributed by atoms with Gasteiger partial charge >= 0.3 is 0 Å². The van der Waals surface area contributed by atoms with Crippen molar-refractivity contribution in [1.82, 2.24) is 9.80 Å². The van der Waals surface area contributed by atoms with E-state index in [1.807, 2.05) is 0 Å². The highest BCUT2D eigenvalue weighted by Crippen LogP contribution is 2.21. The Morgan fingerprint density at radius 3 is 2.21 bits per heavy atom. The topological polar surface area (TPSA) is 32.5 Å². The molecule has 0 bridgehead atoms. The van der Waals surface area contributed by atoms with Crippen LogP contribution in [0.1, 0.15) is 59.3 Å². The van der Waals surface area contributed by atoms with Gasteiger partial charge in [0.2, 0.25) is 0 Å². The second-order valence-electron chi connectivity index (χ2n) is 5.88. The van der Waals surface area contributed by atoms with E-state index in [-0.39, 0.29) is 0 Å². The molecule has 1 rings (SSSR count). The standard InChI is InChI=1S/C16H35N3/c1-4-18(5-2)13-10-14-19(6-3)16-12-9-7-8-11-15(16)17/h15-16H,4-14,17H2,1-3H3. The zero-order chi connectivity index (χ0) is 14.1. The van der Waals surface area contributed by atoms with Crippen LogP contribution in [0, 0.1) is 0 Å². The summed E-state index contributed by atoms with van der Waals surface area (Å²) in [5.41, 5.74) is 6.39. The Morgan fingerprint density at radius 1 is 0.895 bits per heavy atom. The van der Waals surface area contributed by atoms with Gasteiger partial charge in [0.25, 0.3) is 0 Å². The lowest BCUT2D eigenvalue weighted by molar-refractivity contribution is 0.159. The fraction of sp³-hybridized carbons (Fsp3) is 1.00. The number of rotatable bonds is 8. The fourth-order valence-corrected chi connectivity index (χ4v) is 3.37. The highest BCUT2D eigenvalue weighted by Gasteiger charge is 2.25. The molecule has 0 aromatic heterocycles. The van der Waals surface area contributed by atoms with Gasteiger partial charge in [-0.15, -0.1) is 0 Å². The Labute approximate surface area is 120 Å². The van der Waals surface area contributed by atoms with Gasteiger partial charge in [0.1, 0.15) is 0 Å². The average Bonchev–Trinajstić information content (AvgIpc) is 2.64. The molecule has 2 N–H and O–H groups in total. The Kier molecular flexibility index (Phi) is 8.67. The maximum atomic E-state index is 6.39. The first kappa shape index (κ1) is 16.9. The summed E-state index contributed by atoms with van der Waals surface area (Å²) in [6.07, 6.45) is 7.87. The molecule has 0 radical (unpaired) electrons. The van der Waals surface area contributed by atoms with E-state index in [1.54, 1.807) is 0 Å². The van der Waals surface area contributed by atoms with Crippen LogP contribution in [0.2, 0.25) is 0 Å². The molecule has 1 fully saturated rings. The summed E-state index contributed by atoms with van der Waals surface area (Å²) in [5, 5.41) is 0. The molecular formula is C16H35N3. The molecule has 0 spiro atoms. The van der Waals surface area contributed by atoms with Gasteiger partial charge in [-0.1, -0.05) is 40.0 Å². The van der Waals surface area contributed by atoms with Crippen molar-refractivity contribution in [2.24, 2.45) is 5.73 Å². The molecule has 0 amide bonds. The van der Waals surface area contributed by atoms with Gasteiger partial charge in [-0.05, 0) is 52.0 Å². The molecule has 2 atom stereocenters. The monoisotopic (exact) mass is 269 g/mol. The summed E-state index contributed by atoms with van der Waals surface area (Å²) in [6.45, 7) is 12.7. The van der Waals surface area contributed by atoms with Crippen LogP contribution in [-0.4, -0.2) is 54.6 Å². The van der Waals surface area contributed by atoms with Gasteiger partial charge in [0, 0.05) is 12.1 Å². The van der Waals surface area contributed by atoms with Crippen LogP contribution < -0.4 is 5.73 Å². The number of hydrogen-bond donors (Lipinski definition) is 1. The van der Waals surface area contributed by atoms with Crippen molar-refractivity contribution in [3.05, 3.63) is 0 Å². The lowest BCUT2D eigenvalue weighted by atomic mass is 10.0. The normalized spacial score (nSPS) is 24.9. The molecule has 1 aliphatic rings. The summed E-state index contributed by atoms with van der Waals surface area (Å²) in [6, 6.07) is 1.03. The summed E-state index contributed by atoms with van der Waals surface area (Å²) in [7, 11) is 0. The second-order valence-corrected chi connectivity index (χ2v) is 5.88. The maximum absolute atomic E-state index is 6.39. The molecule has 0 heterocycles. The van der Waals surface area contributed by atoms with E-state index in [1.165, 1.54) is 64.7 Å². The highest BCUT2D eigenvalue weighted by atomic mass is 15.2. The predicted octanol–water partition coefficient (Wildman–Crippen LogP) is 2.70. The van der Waals surface area contributed by atoms with Crippen molar-refractivity contribution in [2.75, 3.05) is 32.7 Å². The van der Waals surface area contributed by atoms with Gasteiger partial charge in [0.05, 0.1) is 0 Å². The van der Waals surface area contributed by atoms with Crippen LogP contribution in [0.5, 0.6) is 0 Å². The van der Waals surface area contributed by atoms with E-state index in [0.717, 1.165) is 6.54 Å². The fourth-order valence-electron chi connectivity index (χ4n) is 3.37. The smallest absolute Gasteiger partial charge is 0.0247 e. The molecular weight excluding hydrogens is 234 g/mol. The Hall–Kier alpha value is -0.120. The van der Waals surface area contributed by atoms with Crippen LogP contribution in [0.3, 0.4) is 0 Å². The summed E-state index contributed by atoms with van der Waals surface area (Å²) >= 11 is 0. The average molecular weight is 269 g/mol. The van der Waals surface area contributed by atoms with E-state index in [0.29, 0.717) is 12.1 Å². The van der Waals surface area contributed by atoms with E-state index in [2.05, 4.69) is 30.6 Å². The lowest BCUT2D eigenvalue weighted by Gasteiger charge is -2.34. The third-order valence-electron chi connectivity index (χ3n) is 4.72. The Morgan fingerprint density at radius 2 is 1.58 bits per heavy atom. The molecule has 0 aromatic rings. The second kappa shape index (κ2) is 9.73. The summed E-state index contributed by atoms with van der Waals surface area (Å²) in [5.74, 6) is 0. The maximum Gasteiger partial charge on any atom is 0.0247 e. The number of hydrogen-bond acceptors (Lipinski definition) is 3. The predicted molar refractivity (Wildman–Crippen MR) is 84.5 cm³/mol. The van der Waals surface area contributed by atoms with Gasteiger partial charge in [0.15, 0.2) is 0 Å². The molecule has 0 aromatic carbocycles. The first-order valence-corrected chi connectivity index (χ1v) is 8.44. The van der Waals surface area contributed by atoms with Gasteiger partial charge in [-0.25, -0.2) is 0 Å². The molecule has 19 heavy (non-hydrogen) atoms. The zero-order valence-electron chi connectivity index (χ0n) is 13.4. The first-order valence-electron chi connectivity index (χ1n) is 8.44.